The Balaban J connectivity index is 2.64. The van der Waals surface area contributed by atoms with Gasteiger partial charge in [-0.2, -0.15) is 0 Å². The average molecular weight is 260 g/mol. The monoisotopic (exact) mass is 260 g/mol. The molecule has 1 aromatic heterocycles. The molecular weight excluding hydrogens is 244 g/mol. The molecule has 0 saturated carbocycles. The Hall–Kier alpha value is -2.30. The maximum Gasteiger partial charge on any atom is 0.328 e. The summed E-state index contributed by atoms with van der Waals surface area (Å²) in [6.07, 6.45) is 2.60. The van der Waals surface area contributed by atoms with Crippen LogP contribution in [-0.4, -0.2) is 27.7 Å². The predicted octanol–water partition coefficient (Wildman–Crippen LogP) is 2.72. The molecule has 0 aliphatic carbocycles. The van der Waals surface area contributed by atoms with Crippen molar-refractivity contribution in [1.82, 2.24) is 9.55 Å². The number of rotatable bonds is 4. The van der Waals surface area contributed by atoms with Crippen LogP contribution in [0.3, 0.4) is 0 Å². The molecule has 2 aromatic rings. The van der Waals surface area contributed by atoms with Crippen LogP contribution >= 0.6 is 0 Å². The number of nitrogens with zero attached hydrogens (tertiary/aromatic N) is 2. The molecule has 0 atom stereocenters. The Labute approximate surface area is 111 Å². The van der Waals surface area contributed by atoms with E-state index >= 15 is 0 Å². The summed E-state index contributed by atoms with van der Waals surface area (Å²) in [7, 11) is 1.61. The molecule has 0 aliphatic rings. The number of methoxy groups -OCH3 is 1. The molecule has 0 saturated heterocycles. The van der Waals surface area contributed by atoms with Gasteiger partial charge in [0.25, 0.3) is 0 Å². The number of imidazole rings is 1. The van der Waals surface area contributed by atoms with Gasteiger partial charge >= 0.3 is 5.97 Å². The molecule has 1 N–H and O–H groups in total. The Morgan fingerprint density at radius 3 is 2.79 bits per heavy atom. The normalized spacial score (nSPS) is 11.6. The van der Waals surface area contributed by atoms with Crippen molar-refractivity contribution in [3.8, 4) is 5.75 Å². The fourth-order valence-electron chi connectivity index (χ4n) is 2.02. The van der Waals surface area contributed by atoms with Crippen molar-refractivity contribution in [2.24, 2.45) is 0 Å². The van der Waals surface area contributed by atoms with Gasteiger partial charge in [-0.05, 0) is 32.1 Å². The van der Waals surface area contributed by atoms with Gasteiger partial charge in [0.2, 0.25) is 0 Å². The van der Waals surface area contributed by atoms with Gasteiger partial charge in [0, 0.05) is 18.2 Å². The molecule has 0 radical (unpaired) electrons. The van der Waals surface area contributed by atoms with Gasteiger partial charge in [0.05, 0.1) is 18.1 Å². The molecule has 0 aliphatic heterocycles. The second kappa shape index (κ2) is 5.14. The number of ether oxygens (including phenoxy) is 1. The van der Waals surface area contributed by atoms with Gasteiger partial charge < -0.3 is 14.4 Å². The van der Waals surface area contributed by atoms with Crippen LogP contribution in [0.4, 0.5) is 0 Å². The number of carbonyl (C=O) groups is 1. The van der Waals surface area contributed by atoms with E-state index in [-0.39, 0.29) is 6.04 Å². The maximum atomic E-state index is 10.6. The highest BCUT2D eigenvalue weighted by molar-refractivity contribution is 5.86. The third kappa shape index (κ3) is 2.59. The van der Waals surface area contributed by atoms with Gasteiger partial charge in [-0.15, -0.1) is 0 Å². The number of aromatic nitrogens is 2. The molecule has 5 nitrogen and oxygen atoms in total. The molecule has 0 amide bonds. The number of benzene rings is 1. The first-order chi connectivity index (χ1) is 9.02. The number of carboxylic acids is 1. The lowest BCUT2D eigenvalue weighted by atomic mass is 10.2. The van der Waals surface area contributed by atoms with Crippen LogP contribution in [0.15, 0.2) is 24.3 Å². The van der Waals surface area contributed by atoms with E-state index in [9.17, 15) is 4.79 Å². The first-order valence-corrected chi connectivity index (χ1v) is 6.00. The van der Waals surface area contributed by atoms with E-state index in [4.69, 9.17) is 9.84 Å². The molecule has 0 fully saturated rings. The van der Waals surface area contributed by atoms with Gasteiger partial charge in [0.1, 0.15) is 11.6 Å². The van der Waals surface area contributed by atoms with Crippen molar-refractivity contribution in [2.75, 3.05) is 7.11 Å². The van der Waals surface area contributed by atoms with E-state index in [1.165, 1.54) is 6.08 Å². The number of fused-ring (bicyclic) bond motifs is 1. The minimum atomic E-state index is -0.986. The van der Waals surface area contributed by atoms with E-state index in [0.717, 1.165) is 22.9 Å². The Morgan fingerprint density at radius 1 is 1.47 bits per heavy atom. The van der Waals surface area contributed by atoms with Crippen molar-refractivity contribution in [3.05, 3.63) is 30.1 Å². The number of hydrogen-bond donors (Lipinski definition) is 1. The summed E-state index contributed by atoms with van der Waals surface area (Å²) in [5.41, 5.74) is 1.75. The largest absolute Gasteiger partial charge is 0.497 e. The minimum absolute atomic E-state index is 0.172. The molecule has 19 heavy (non-hydrogen) atoms. The topological polar surface area (TPSA) is 64.3 Å². The molecule has 0 bridgehead atoms. The molecule has 0 unspecified atom stereocenters. The Morgan fingerprint density at radius 2 is 2.21 bits per heavy atom. The van der Waals surface area contributed by atoms with Crippen LogP contribution in [0.2, 0.25) is 0 Å². The summed E-state index contributed by atoms with van der Waals surface area (Å²) in [6.45, 7) is 4.05. The third-order valence-corrected chi connectivity index (χ3v) is 2.82. The van der Waals surface area contributed by atoms with Gasteiger partial charge in [-0.25, -0.2) is 9.78 Å². The van der Waals surface area contributed by atoms with Crippen LogP contribution in [0.5, 0.6) is 5.75 Å². The van der Waals surface area contributed by atoms with E-state index in [1.54, 1.807) is 7.11 Å². The molecular formula is C14H16N2O3. The fourth-order valence-corrected chi connectivity index (χ4v) is 2.02. The summed E-state index contributed by atoms with van der Waals surface area (Å²) < 4.78 is 7.19. The summed E-state index contributed by atoms with van der Waals surface area (Å²) in [6, 6.07) is 5.78. The van der Waals surface area contributed by atoms with Crippen LogP contribution in [0.25, 0.3) is 17.1 Å². The first kappa shape index (κ1) is 13.1. The highest BCUT2D eigenvalue weighted by Crippen LogP contribution is 2.25. The summed E-state index contributed by atoms with van der Waals surface area (Å²) in [5.74, 6) is 0.392. The summed E-state index contributed by atoms with van der Waals surface area (Å²) in [5, 5.41) is 8.72. The van der Waals surface area contributed by atoms with Crippen molar-refractivity contribution in [1.29, 1.82) is 0 Å². The molecule has 100 valence electrons. The lowest BCUT2D eigenvalue weighted by Gasteiger charge is -2.11. The molecule has 2 rings (SSSR count). The first-order valence-electron chi connectivity index (χ1n) is 6.00. The second-order valence-electron chi connectivity index (χ2n) is 4.46. The van der Waals surface area contributed by atoms with E-state index in [0.29, 0.717) is 5.82 Å². The molecule has 5 heteroatoms. The summed E-state index contributed by atoms with van der Waals surface area (Å²) >= 11 is 0. The van der Waals surface area contributed by atoms with E-state index in [1.807, 2.05) is 36.6 Å². The van der Waals surface area contributed by atoms with E-state index < -0.39 is 5.97 Å². The maximum absolute atomic E-state index is 10.6. The van der Waals surface area contributed by atoms with Crippen LogP contribution < -0.4 is 4.74 Å². The number of hydrogen-bond acceptors (Lipinski definition) is 3. The van der Waals surface area contributed by atoms with Crippen LogP contribution in [0.1, 0.15) is 25.7 Å². The number of carboxylic acid groups (broad SMARTS) is 1. The third-order valence-electron chi connectivity index (χ3n) is 2.82. The van der Waals surface area contributed by atoms with Crippen LogP contribution in [0, 0.1) is 0 Å². The lowest BCUT2D eigenvalue weighted by molar-refractivity contribution is -0.131. The van der Waals surface area contributed by atoms with E-state index in [2.05, 4.69) is 4.98 Å². The minimum Gasteiger partial charge on any atom is -0.497 e. The molecule has 1 heterocycles. The zero-order chi connectivity index (χ0) is 14.0. The fraction of sp³-hybridized carbons (Fsp3) is 0.286. The quantitative estimate of drug-likeness (QED) is 0.858. The number of aliphatic carboxylic acids is 1. The zero-order valence-corrected chi connectivity index (χ0v) is 11.1. The van der Waals surface area contributed by atoms with Gasteiger partial charge in [-0.1, -0.05) is 0 Å². The molecule has 0 spiro atoms. The van der Waals surface area contributed by atoms with Gasteiger partial charge in [-0.3, -0.25) is 0 Å². The van der Waals surface area contributed by atoms with Crippen molar-refractivity contribution in [3.63, 3.8) is 0 Å². The van der Waals surface area contributed by atoms with Crippen molar-refractivity contribution in [2.45, 2.75) is 19.9 Å². The highest BCUT2D eigenvalue weighted by Gasteiger charge is 2.12. The standard InChI is InChI=1S/C14H16N2O3/c1-9(2)16-12-8-10(19-3)4-5-11(12)15-13(16)6-7-14(17)18/h4-9H,1-3H3,(H,17,18)/b7-6+. The lowest BCUT2D eigenvalue weighted by Crippen LogP contribution is -2.03. The predicted molar refractivity (Wildman–Crippen MR) is 73.3 cm³/mol. The van der Waals surface area contributed by atoms with Crippen molar-refractivity contribution >= 4 is 23.1 Å². The SMILES string of the molecule is COc1ccc2nc(/C=C/C(=O)O)n(C(C)C)c2c1. The molecule has 1 aromatic carbocycles. The Bertz CT molecular complexity index is 641. The average Bonchev–Trinajstić information content (AvgIpc) is 2.73. The second-order valence-corrected chi connectivity index (χ2v) is 4.46. The summed E-state index contributed by atoms with van der Waals surface area (Å²) in [4.78, 5) is 15.1. The highest BCUT2D eigenvalue weighted by atomic mass is 16.5. The Kier molecular flexibility index (Phi) is 3.55. The zero-order valence-electron chi connectivity index (χ0n) is 11.1. The smallest absolute Gasteiger partial charge is 0.328 e. The van der Waals surface area contributed by atoms with Crippen molar-refractivity contribution < 1.29 is 14.6 Å². The van der Waals surface area contributed by atoms with Crippen LogP contribution in [-0.2, 0) is 4.79 Å². The van der Waals surface area contributed by atoms with Gasteiger partial charge in [0.15, 0.2) is 0 Å².